The highest BCUT2D eigenvalue weighted by Gasteiger charge is 2.50. The first-order valence-electron chi connectivity index (χ1n) is 27.3. The molecule has 81 heavy (non-hydrogen) atoms. The number of rotatable bonds is 9. The number of nitrogens with zero attached hydrogens (tertiary/aromatic N) is 3. The van der Waals surface area contributed by atoms with Crippen molar-refractivity contribution in [3.8, 4) is 17.2 Å². The molecule has 9 rings (SSSR count). The third-order valence-corrected chi connectivity index (χ3v) is 16.0. The number of piperazine rings is 1. The maximum Gasteiger partial charge on any atom is 0.312 e. The number of carbonyl (C=O) groups is 4. The Labute approximate surface area is 469 Å². The Bertz CT molecular complexity index is 3550. The molecule has 0 aliphatic carbocycles. The monoisotopic (exact) mass is 1110 g/mol. The molecule has 3 aliphatic rings. The molecule has 18 heteroatoms. The van der Waals surface area contributed by atoms with E-state index in [4.69, 9.17) is 33.1 Å². The number of anilines is 1. The van der Waals surface area contributed by atoms with E-state index in [0.29, 0.717) is 31.8 Å². The highest BCUT2D eigenvalue weighted by atomic mass is 16.7. The van der Waals surface area contributed by atoms with Crippen LogP contribution in [-0.2, 0) is 48.2 Å². The van der Waals surface area contributed by atoms with Crippen molar-refractivity contribution in [1.29, 1.82) is 0 Å². The molecule has 0 spiro atoms. The first-order valence-corrected chi connectivity index (χ1v) is 27.3. The SMILES string of the molecule is CO[C@H]1/C=C/O[C@@]2(C)Oc3c(C)c(=O)c4c(O)c(c5oc6cccc(OCc7cccc(CN8CCN(C(=O)Cc9ccccc9)CC8)c7)c6nc5c4c3C2=O)NC(=O)/C(C)=C\C=C\[C@H](C)[C@H](O)[C@@H](C)[C@@H](O)[C@@H](C)[C@H](OC(C)=O)[C@@H]1C. The predicted molar refractivity (Wildman–Crippen MR) is 305 cm³/mol. The number of benzene rings is 5. The zero-order valence-electron chi connectivity index (χ0n) is 47.1. The van der Waals surface area contributed by atoms with Gasteiger partial charge in [0.1, 0.15) is 40.9 Å². The molecule has 6 aromatic rings. The number of carbonyl (C=O) groups excluding carboxylic acids is 4. The van der Waals surface area contributed by atoms with Crippen molar-refractivity contribution in [2.45, 2.75) is 105 Å². The summed E-state index contributed by atoms with van der Waals surface area (Å²) in [5, 5.41) is 37.8. The van der Waals surface area contributed by atoms with Crippen LogP contribution in [0.15, 0.2) is 118 Å². The minimum atomic E-state index is -2.10. The van der Waals surface area contributed by atoms with Gasteiger partial charge in [-0.05, 0) is 48.7 Å². The number of hydrogen-bond donors (Lipinski definition) is 4. The second kappa shape index (κ2) is 24.1. The number of ether oxygens (including phenoxy) is 5. The Morgan fingerprint density at radius 2 is 1.54 bits per heavy atom. The van der Waals surface area contributed by atoms with E-state index >= 15 is 4.79 Å². The molecule has 18 nitrogen and oxygen atoms in total. The van der Waals surface area contributed by atoms with E-state index in [1.54, 1.807) is 58.0 Å². The van der Waals surface area contributed by atoms with E-state index < -0.39 is 82.7 Å². The maximum absolute atomic E-state index is 15.1. The van der Waals surface area contributed by atoms with Crippen LogP contribution >= 0.6 is 0 Å². The van der Waals surface area contributed by atoms with Crippen LogP contribution < -0.4 is 20.2 Å². The van der Waals surface area contributed by atoms with E-state index in [2.05, 4.69) is 16.3 Å². The second-order valence-corrected chi connectivity index (χ2v) is 21.8. The normalized spacial score (nSPS) is 26.4. The lowest BCUT2D eigenvalue weighted by Gasteiger charge is -2.38. The van der Waals surface area contributed by atoms with E-state index in [-0.39, 0.29) is 73.6 Å². The molecule has 4 N–H and O–H groups in total. The van der Waals surface area contributed by atoms with Gasteiger partial charge >= 0.3 is 11.8 Å². The molecule has 5 aromatic carbocycles. The second-order valence-electron chi connectivity index (χ2n) is 21.8. The number of aromatic hydroxyl groups is 1. The van der Waals surface area contributed by atoms with Gasteiger partial charge in [-0.2, -0.15) is 0 Å². The van der Waals surface area contributed by atoms with Crippen LogP contribution in [0, 0.1) is 30.6 Å². The molecule has 426 valence electrons. The number of allylic oxidation sites excluding steroid dienone is 2. The number of fused-ring (bicyclic) bond motifs is 2. The molecule has 0 radical (unpaired) electrons. The van der Waals surface area contributed by atoms with Crippen molar-refractivity contribution in [3.05, 3.63) is 147 Å². The summed E-state index contributed by atoms with van der Waals surface area (Å²) in [6.45, 7) is 16.1. The van der Waals surface area contributed by atoms with Gasteiger partial charge in [0.25, 0.3) is 11.7 Å². The van der Waals surface area contributed by atoms with Gasteiger partial charge in [0, 0.05) is 93.9 Å². The van der Waals surface area contributed by atoms with Gasteiger partial charge in [-0.15, -0.1) is 0 Å². The molecular weight excluding hydrogens is 1040 g/mol. The number of esters is 1. The average Bonchev–Trinajstić information content (AvgIpc) is 4.03. The van der Waals surface area contributed by atoms with Gasteiger partial charge < -0.3 is 53.6 Å². The topological polar surface area (TPSA) is 237 Å². The lowest BCUT2D eigenvalue weighted by molar-refractivity contribution is -0.160. The first-order chi connectivity index (χ1) is 38.7. The van der Waals surface area contributed by atoms with Crippen molar-refractivity contribution >= 4 is 62.2 Å². The summed E-state index contributed by atoms with van der Waals surface area (Å²) >= 11 is 0. The summed E-state index contributed by atoms with van der Waals surface area (Å²) in [5.74, 6) is -7.12. The molecule has 3 aliphatic heterocycles. The highest BCUT2D eigenvalue weighted by molar-refractivity contribution is 6.26. The number of Topliss-reactive ketones (excluding diaryl/α,β-unsaturated/α-hetero) is 1. The number of aromatic nitrogens is 1. The summed E-state index contributed by atoms with van der Waals surface area (Å²) in [7, 11) is 1.44. The van der Waals surface area contributed by atoms with E-state index in [0.717, 1.165) is 29.8 Å². The van der Waals surface area contributed by atoms with E-state index in [1.807, 2.05) is 53.4 Å². The molecule has 2 amide bonds. The number of aliphatic hydroxyl groups excluding tert-OH is 2. The minimum absolute atomic E-state index is 0.0355. The van der Waals surface area contributed by atoms with Gasteiger partial charge in [-0.3, -0.25) is 28.9 Å². The van der Waals surface area contributed by atoms with Crippen molar-refractivity contribution in [2.24, 2.45) is 23.7 Å². The molecule has 1 saturated heterocycles. The fourth-order valence-corrected chi connectivity index (χ4v) is 11.2. The molecule has 4 heterocycles. The number of para-hydroxylation sites is 1. The minimum Gasteiger partial charge on any atom is -0.505 e. The first kappa shape index (κ1) is 57.8. The molecule has 1 aromatic heterocycles. The smallest absolute Gasteiger partial charge is 0.312 e. The average molecular weight is 1110 g/mol. The summed E-state index contributed by atoms with van der Waals surface area (Å²) in [4.78, 5) is 78.8. The largest absolute Gasteiger partial charge is 0.505 e. The highest BCUT2D eigenvalue weighted by Crippen LogP contribution is 2.49. The van der Waals surface area contributed by atoms with Crippen LogP contribution in [0.1, 0.15) is 81.1 Å². The third-order valence-electron chi connectivity index (χ3n) is 16.0. The van der Waals surface area contributed by atoms with Crippen LogP contribution in [-0.4, -0.2) is 117 Å². The van der Waals surface area contributed by atoms with Crippen LogP contribution in [0.4, 0.5) is 5.69 Å². The summed E-state index contributed by atoms with van der Waals surface area (Å²) in [5.41, 5.74) is 2.03. The molecule has 4 bridgehead atoms. The standard InChI is InChI=1S/C63H70N4O14/c1-34-16-13-17-35(2)62(75)65-53-57(73)49-48(50-59(39(6)56(49)72)81-63(8,61(50)74)78-29-24-44(76-9)36(3)58(79-40(7)68)38(5)55(71)37(4)54(34)70)52-60(53)80-46-23-15-22-45(51(46)64-52)77-33-43-21-14-20-42(30-43)32-66-25-27-67(28-26-66)47(69)31-41-18-11-10-12-19-41/h10-24,29-30,34,36-38,44,54-55,58,70-71,73H,25-28,31-33H2,1-9H3,(H,65,75)/b16-13+,29-24+,35-17-/t34-,36+,37+,38+,44-,54-,55+,58+,63-/m0/s1. The van der Waals surface area contributed by atoms with Crippen LogP contribution in [0.2, 0.25) is 0 Å². The summed E-state index contributed by atoms with van der Waals surface area (Å²) in [6, 6.07) is 22.8. The maximum atomic E-state index is 15.1. The lowest BCUT2D eigenvalue weighted by Crippen LogP contribution is -2.48. The Balaban J connectivity index is 1.08. The molecule has 1 fully saturated rings. The van der Waals surface area contributed by atoms with Gasteiger partial charge in [-0.1, -0.05) is 107 Å². The van der Waals surface area contributed by atoms with Gasteiger partial charge in [0.05, 0.1) is 41.9 Å². The van der Waals surface area contributed by atoms with Gasteiger partial charge in [0.15, 0.2) is 22.3 Å². The number of hydrogen-bond acceptors (Lipinski definition) is 16. The number of phenolic OH excluding ortho intramolecular Hbond substituents is 1. The Hall–Kier alpha value is -7.90. The fraction of sp³-hybridized carbons (Fsp3) is 0.397. The quantitative estimate of drug-likeness (QED) is 0.0460. The van der Waals surface area contributed by atoms with Crippen molar-refractivity contribution in [3.63, 3.8) is 0 Å². The van der Waals surface area contributed by atoms with E-state index in [9.17, 15) is 34.5 Å². The Morgan fingerprint density at radius 3 is 2.26 bits per heavy atom. The number of methoxy groups -OCH3 is 1. The predicted octanol–water partition coefficient (Wildman–Crippen LogP) is 8.46. The third kappa shape index (κ3) is 11.8. The van der Waals surface area contributed by atoms with Crippen LogP contribution in [0.3, 0.4) is 0 Å². The Kier molecular flexibility index (Phi) is 17.2. The number of amides is 2. The lowest BCUT2D eigenvalue weighted by atomic mass is 9.78. The molecule has 0 unspecified atom stereocenters. The number of nitrogens with one attached hydrogen (secondary N) is 1. The number of phenols is 1. The molecular formula is C63H70N4O14. The van der Waals surface area contributed by atoms with Crippen molar-refractivity contribution in [1.82, 2.24) is 14.8 Å². The Morgan fingerprint density at radius 1 is 0.840 bits per heavy atom. The molecule has 9 atom stereocenters. The van der Waals surface area contributed by atoms with E-state index in [1.165, 1.54) is 53.2 Å². The van der Waals surface area contributed by atoms with Crippen LogP contribution in [0.5, 0.6) is 17.2 Å². The summed E-state index contributed by atoms with van der Waals surface area (Å²) < 4.78 is 37.2. The molecule has 0 saturated carbocycles. The number of aliphatic hydroxyl groups is 2. The van der Waals surface area contributed by atoms with Crippen molar-refractivity contribution < 1.29 is 62.6 Å². The summed E-state index contributed by atoms with van der Waals surface area (Å²) in [6.07, 6.45) is 3.88. The zero-order valence-corrected chi connectivity index (χ0v) is 47.1. The fourth-order valence-electron chi connectivity index (χ4n) is 11.2. The van der Waals surface area contributed by atoms with Gasteiger partial charge in [0.2, 0.25) is 5.91 Å². The zero-order chi connectivity index (χ0) is 58.0. The van der Waals surface area contributed by atoms with Gasteiger partial charge in [-0.25, -0.2) is 4.98 Å². The van der Waals surface area contributed by atoms with Crippen LogP contribution in [0.25, 0.3) is 33.0 Å². The number of ketones is 1. The van der Waals surface area contributed by atoms with Crippen molar-refractivity contribution in [2.75, 3.05) is 38.6 Å².